The molecule has 3 aliphatic carbocycles. The molecular weight excluding hydrogens is 782 g/mol. The predicted molar refractivity (Wildman–Crippen MR) is 203 cm³/mol. The van der Waals surface area contributed by atoms with Gasteiger partial charge in [-0.2, -0.15) is 13.2 Å². The van der Waals surface area contributed by atoms with Crippen LogP contribution < -0.4 is 19.5 Å². The van der Waals surface area contributed by atoms with Gasteiger partial charge >= 0.3 is 12.1 Å². The number of rotatable bonds is 7. The first kappa shape index (κ1) is 40.4. The van der Waals surface area contributed by atoms with Crippen molar-refractivity contribution in [3.63, 3.8) is 0 Å². The first-order valence-corrected chi connectivity index (χ1v) is 21.8. The van der Waals surface area contributed by atoms with Crippen LogP contribution in [0.25, 0.3) is 10.9 Å². The van der Waals surface area contributed by atoms with E-state index in [0.717, 1.165) is 32.1 Å². The molecule has 17 heteroatoms. The van der Waals surface area contributed by atoms with Crippen molar-refractivity contribution in [2.24, 2.45) is 11.8 Å². The van der Waals surface area contributed by atoms with Crippen LogP contribution in [-0.2, 0) is 46.5 Å². The molecule has 314 valence electrons. The summed E-state index contributed by atoms with van der Waals surface area (Å²) in [4.78, 5) is 61.8. The Balaban J connectivity index is 1.16. The van der Waals surface area contributed by atoms with E-state index in [1.165, 1.54) is 24.1 Å². The lowest BCUT2D eigenvalue weighted by Crippen LogP contribution is -2.57. The molecule has 5 atom stereocenters. The summed E-state index contributed by atoms with van der Waals surface area (Å²) in [6.45, 7) is 1.26. The van der Waals surface area contributed by atoms with Gasteiger partial charge in [0.1, 0.15) is 29.0 Å². The van der Waals surface area contributed by atoms with Gasteiger partial charge in [0.2, 0.25) is 21.8 Å². The van der Waals surface area contributed by atoms with Crippen LogP contribution in [0.4, 0.5) is 13.2 Å². The fraction of sp³-hybridized carbons (Fsp3) is 0.634. The number of allylic oxidation sites excluding steroid dienone is 1. The number of ether oxygens (including phenoxy) is 3. The second-order valence-corrected chi connectivity index (χ2v) is 19.5. The average molecular weight is 831 g/mol. The van der Waals surface area contributed by atoms with Crippen LogP contribution in [0.15, 0.2) is 30.4 Å². The second-order valence-electron chi connectivity index (χ2n) is 17.3. The number of amides is 3. The Morgan fingerprint density at radius 1 is 1.07 bits per heavy atom. The normalized spacial score (nSPS) is 30.3. The van der Waals surface area contributed by atoms with Crippen molar-refractivity contribution in [1.29, 1.82) is 0 Å². The number of benzene rings is 1. The smallest absolute Gasteiger partial charge is 0.437 e. The monoisotopic (exact) mass is 830 g/mol. The van der Waals surface area contributed by atoms with Crippen molar-refractivity contribution in [2.45, 2.75) is 137 Å². The molecule has 1 aromatic carbocycles. The molecule has 3 saturated carbocycles. The molecule has 3 amide bonds. The summed E-state index contributed by atoms with van der Waals surface area (Å²) in [6.07, 6.45) is 4.61. The number of halogens is 3. The number of nitrogens with zero attached hydrogens (tertiary/aromatic N) is 2. The Hall–Kier alpha value is -4.41. The summed E-state index contributed by atoms with van der Waals surface area (Å²) in [5.74, 6) is -4.25. The maximum Gasteiger partial charge on any atom is 0.437 e. The first-order chi connectivity index (χ1) is 27.5. The predicted octanol–water partition coefficient (Wildman–Crippen LogP) is 5.42. The van der Waals surface area contributed by atoms with Gasteiger partial charge in [0, 0.05) is 29.2 Å². The van der Waals surface area contributed by atoms with Crippen molar-refractivity contribution < 1.29 is 55.0 Å². The molecule has 13 nitrogen and oxygen atoms in total. The number of sulfonamides is 1. The fourth-order valence-electron chi connectivity index (χ4n) is 8.88. The van der Waals surface area contributed by atoms with Crippen molar-refractivity contribution in [2.75, 3.05) is 13.7 Å². The van der Waals surface area contributed by atoms with Gasteiger partial charge in [-0.1, -0.05) is 25.0 Å². The number of aromatic nitrogens is 1. The lowest BCUT2D eigenvalue weighted by Gasteiger charge is -2.37. The molecule has 2 N–H and O–H groups in total. The minimum absolute atomic E-state index is 0.0912. The number of nitrogens with one attached hydrogen (secondary N) is 2. The van der Waals surface area contributed by atoms with Crippen LogP contribution in [0.5, 0.6) is 11.5 Å². The lowest BCUT2D eigenvalue weighted by molar-refractivity contribution is -0.157. The number of pyridine rings is 1. The van der Waals surface area contributed by atoms with Crippen molar-refractivity contribution in [3.05, 3.63) is 41.6 Å². The number of alkyl halides is 3. The molecule has 4 heterocycles. The van der Waals surface area contributed by atoms with Crippen LogP contribution in [0.2, 0.25) is 0 Å². The lowest BCUT2D eigenvalue weighted by atomic mass is 9.87. The van der Waals surface area contributed by atoms with E-state index < -0.39 is 85.1 Å². The standard InChI is InChI=1S/C41H49F3N4O9S/c1-38(17-18-38)58(53,54)47-37(52)40-21-25(40)10-7-5-3-4-6-9-24(19-32(49)56-26-11-8-12-26)36(51)48-23-39(22-31(48)35(50)46-40)16-15-28-29-20-27(55-2)13-14-30(29)45-34(33(28)57-39)41(42,43)44/h7,10,13-14,20,24-26,31H,3-6,8-9,11-12,15-19,21-23H2,1-2H3,(H,46,50)(H,47,52)/b10-7-/t24-,25-,31+,39-,40-/m1/s1. The third-order valence-electron chi connectivity index (χ3n) is 13.2. The van der Waals surface area contributed by atoms with E-state index in [2.05, 4.69) is 15.0 Å². The van der Waals surface area contributed by atoms with Crippen LogP contribution in [0.1, 0.15) is 108 Å². The van der Waals surface area contributed by atoms with Gasteiger partial charge in [0.15, 0.2) is 11.4 Å². The number of methoxy groups -OCH3 is 1. The Morgan fingerprint density at radius 2 is 1.84 bits per heavy atom. The van der Waals surface area contributed by atoms with E-state index in [-0.39, 0.29) is 55.8 Å². The van der Waals surface area contributed by atoms with E-state index in [1.807, 2.05) is 6.08 Å². The number of esters is 1. The summed E-state index contributed by atoms with van der Waals surface area (Å²) in [6, 6.07) is 3.23. The van der Waals surface area contributed by atoms with Gasteiger partial charge in [-0.05, 0) is 95.8 Å². The Kier molecular flexibility index (Phi) is 10.2. The molecule has 6 aliphatic rings. The molecule has 0 unspecified atom stereocenters. The van der Waals surface area contributed by atoms with Crippen molar-refractivity contribution >= 4 is 44.6 Å². The Labute approximate surface area is 334 Å². The number of carbonyl (C=O) groups excluding carboxylic acids is 4. The van der Waals surface area contributed by atoms with E-state index in [0.29, 0.717) is 43.2 Å². The van der Waals surface area contributed by atoms with Crippen LogP contribution in [0, 0.1) is 11.8 Å². The maximum atomic E-state index is 14.8. The summed E-state index contributed by atoms with van der Waals surface area (Å²) >= 11 is 0. The van der Waals surface area contributed by atoms with Gasteiger partial charge in [-0.15, -0.1) is 0 Å². The van der Waals surface area contributed by atoms with Crippen LogP contribution in [-0.4, -0.2) is 83.7 Å². The van der Waals surface area contributed by atoms with Crippen LogP contribution >= 0.6 is 0 Å². The van der Waals surface area contributed by atoms with Gasteiger partial charge in [-0.25, -0.2) is 13.4 Å². The first-order valence-electron chi connectivity index (χ1n) is 20.3. The number of carbonyl (C=O) groups is 4. The largest absolute Gasteiger partial charge is 0.497 e. The number of fused-ring (bicyclic) bond motifs is 5. The zero-order chi connectivity index (χ0) is 41.3. The van der Waals surface area contributed by atoms with E-state index >= 15 is 0 Å². The van der Waals surface area contributed by atoms with E-state index in [9.17, 15) is 40.8 Å². The zero-order valence-electron chi connectivity index (χ0n) is 32.6. The molecule has 8 rings (SSSR count). The molecular formula is C41H49F3N4O9S. The minimum atomic E-state index is -4.91. The molecule has 1 aromatic heterocycles. The van der Waals surface area contributed by atoms with E-state index in [1.54, 1.807) is 19.1 Å². The molecule has 1 saturated heterocycles. The SMILES string of the molecule is COc1ccc2nc(C(F)(F)F)c3c(c2c1)CC[C@]1(C[C@H]2C(=O)N[C@]4(C(=O)NS(=O)(=O)C5(C)CC5)C[C@H]4/C=C\CCCCC[C@H](CC(=O)OC4CCC4)C(=O)N2C1)O3. The highest BCUT2D eigenvalue weighted by Crippen LogP contribution is 2.51. The topological polar surface area (TPSA) is 170 Å². The Morgan fingerprint density at radius 3 is 2.53 bits per heavy atom. The minimum Gasteiger partial charge on any atom is -0.497 e. The van der Waals surface area contributed by atoms with Gasteiger partial charge in [0.05, 0.1) is 30.3 Å². The molecule has 1 spiro atoms. The Bertz CT molecular complexity index is 2170. The highest BCUT2D eigenvalue weighted by Gasteiger charge is 2.64. The molecule has 58 heavy (non-hydrogen) atoms. The highest BCUT2D eigenvalue weighted by atomic mass is 32.2. The van der Waals surface area contributed by atoms with Gasteiger partial charge < -0.3 is 24.4 Å². The zero-order valence-corrected chi connectivity index (χ0v) is 33.4. The number of hydrogen-bond acceptors (Lipinski definition) is 10. The van der Waals surface area contributed by atoms with Crippen LogP contribution in [0.3, 0.4) is 0 Å². The molecule has 3 aliphatic heterocycles. The number of hydrogen-bond donors (Lipinski definition) is 2. The van der Waals surface area contributed by atoms with Gasteiger partial charge in [0.25, 0.3) is 5.91 Å². The second kappa shape index (κ2) is 14.7. The summed E-state index contributed by atoms with van der Waals surface area (Å²) in [7, 11) is -2.63. The average Bonchev–Trinajstić information content (AvgIpc) is 4.05. The molecule has 0 radical (unpaired) electrons. The van der Waals surface area contributed by atoms with Crippen molar-refractivity contribution in [1.82, 2.24) is 19.9 Å². The summed E-state index contributed by atoms with van der Waals surface area (Å²) < 4.78 is 89.1. The molecule has 0 bridgehead atoms. The third kappa shape index (κ3) is 7.51. The number of aryl methyl sites for hydroxylation is 1. The van der Waals surface area contributed by atoms with Gasteiger partial charge in [-0.3, -0.25) is 23.9 Å². The quantitative estimate of drug-likeness (QED) is 0.271. The maximum absolute atomic E-state index is 14.8. The van der Waals surface area contributed by atoms with Crippen molar-refractivity contribution in [3.8, 4) is 11.5 Å². The van der Waals surface area contributed by atoms with E-state index in [4.69, 9.17) is 14.2 Å². The molecule has 4 fully saturated rings. The fourth-order valence-corrected chi connectivity index (χ4v) is 10.2. The summed E-state index contributed by atoms with van der Waals surface area (Å²) in [5, 5.41) is 3.24. The summed E-state index contributed by atoms with van der Waals surface area (Å²) in [5.41, 5.74) is -3.99. The highest BCUT2D eigenvalue weighted by molar-refractivity contribution is 7.91. The molecule has 2 aromatic rings. The third-order valence-corrected chi connectivity index (χ3v) is 15.3.